The van der Waals surface area contributed by atoms with Crippen LogP contribution >= 0.6 is 0 Å². The van der Waals surface area contributed by atoms with Crippen molar-refractivity contribution in [2.75, 3.05) is 26.7 Å². The molecule has 8 nitrogen and oxygen atoms in total. The van der Waals surface area contributed by atoms with Gasteiger partial charge in [0, 0.05) is 31.0 Å². The number of rotatable bonds is 13. The first kappa shape index (κ1) is 26.1. The summed E-state index contributed by atoms with van der Waals surface area (Å²) in [4.78, 5) is 22.4. The lowest BCUT2D eigenvalue weighted by atomic mass is 9.79. The van der Waals surface area contributed by atoms with Crippen LogP contribution < -0.4 is 4.74 Å². The van der Waals surface area contributed by atoms with E-state index in [2.05, 4.69) is 14.9 Å². The number of methoxy groups -OCH3 is 1. The second-order valence-electron chi connectivity index (χ2n) is 9.80. The van der Waals surface area contributed by atoms with Crippen molar-refractivity contribution >= 4 is 16.9 Å². The van der Waals surface area contributed by atoms with Crippen LogP contribution in [0.25, 0.3) is 10.9 Å². The molecule has 0 spiro atoms. The lowest BCUT2D eigenvalue weighted by Gasteiger charge is -2.39. The Kier molecular flexibility index (Phi) is 9.30. The molecule has 0 bridgehead atoms. The molecular weight excluding hydrogens is 458 g/mol. The number of carboxylic acid groups (broad SMARTS) is 1. The van der Waals surface area contributed by atoms with Crippen molar-refractivity contribution in [1.29, 1.82) is 0 Å². The van der Waals surface area contributed by atoms with E-state index in [1.54, 1.807) is 25.8 Å². The number of aliphatic hydroxyl groups is 1. The van der Waals surface area contributed by atoms with Crippen molar-refractivity contribution in [3.8, 4) is 5.75 Å². The molecule has 2 N–H and O–H groups in total. The molecule has 3 heterocycles. The normalized spacial score (nSPS) is 19.4. The molecule has 0 radical (unpaired) electrons. The molecule has 3 atom stereocenters. The fourth-order valence-electron chi connectivity index (χ4n) is 5.45. The van der Waals surface area contributed by atoms with E-state index in [1.807, 2.05) is 24.3 Å². The van der Waals surface area contributed by atoms with Crippen LogP contribution in [0.1, 0.15) is 62.5 Å². The number of aliphatic hydroxyl groups excluding tert-OH is 1. The van der Waals surface area contributed by atoms with Gasteiger partial charge in [0.2, 0.25) is 0 Å². The standard InChI is InChI=1S/C28H37N3O5/c1-35-22-7-8-25-24(18-22)23(11-13-29-25)26(32)9-5-20-12-16-31(19-21(20)6-10-28(33)34)15-3-2-4-27-30-14-17-36-27/h7-8,11,13-14,17-18,20-21,26,32H,2-6,9-10,12,15-16,19H2,1H3,(H,33,34)/t20-,21-,26-/m1/s1. The number of hydrogen-bond acceptors (Lipinski definition) is 7. The average Bonchev–Trinajstić information content (AvgIpc) is 3.42. The van der Waals surface area contributed by atoms with Gasteiger partial charge < -0.3 is 24.3 Å². The van der Waals surface area contributed by atoms with Crippen molar-refractivity contribution in [2.45, 2.75) is 57.5 Å². The number of pyridine rings is 1. The van der Waals surface area contributed by atoms with Crippen LogP contribution in [0.4, 0.5) is 0 Å². The van der Waals surface area contributed by atoms with Gasteiger partial charge in [0.05, 0.1) is 24.9 Å². The molecule has 0 aliphatic carbocycles. The number of hydrogen-bond donors (Lipinski definition) is 2. The maximum atomic E-state index is 11.3. The monoisotopic (exact) mass is 495 g/mol. The molecule has 0 saturated carbocycles. The Morgan fingerprint density at radius 1 is 1.19 bits per heavy atom. The second kappa shape index (κ2) is 12.8. The number of ether oxygens (including phenoxy) is 1. The summed E-state index contributed by atoms with van der Waals surface area (Å²) in [6, 6.07) is 7.60. The zero-order valence-corrected chi connectivity index (χ0v) is 21.0. The third-order valence-electron chi connectivity index (χ3n) is 7.46. The Balaban J connectivity index is 1.33. The number of aromatic nitrogens is 2. The molecule has 8 heteroatoms. The largest absolute Gasteiger partial charge is 0.497 e. The van der Waals surface area contributed by atoms with Crippen molar-refractivity contribution in [2.24, 2.45) is 11.8 Å². The van der Waals surface area contributed by atoms with E-state index in [1.165, 1.54) is 0 Å². The van der Waals surface area contributed by atoms with Gasteiger partial charge in [0.1, 0.15) is 12.0 Å². The molecular formula is C28H37N3O5. The Bertz CT molecular complexity index is 1100. The van der Waals surface area contributed by atoms with Crippen LogP contribution in [0.5, 0.6) is 5.75 Å². The molecule has 2 aromatic heterocycles. The van der Waals surface area contributed by atoms with Gasteiger partial charge in [0.15, 0.2) is 5.89 Å². The van der Waals surface area contributed by atoms with Gasteiger partial charge in [-0.2, -0.15) is 0 Å². The number of fused-ring (bicyclic) bond motifs is 1. The molecule has 0 unspecified atom stereocenters. The fraction of sp³-hybridized carbons (Fsp3) is 0.536. The highest BCUT2D eigenvalue weighted by molar-refractivity contribution is 5.83. The minimum atomic E-state index is -0.742. The Labute approximate surface area is 212 Å². The molecule has 1 aromatic carbocycles. The number of carbonyl (C=O) groups is 1. The van der Waals surface area contributed by atoms with Gasteiger partial charge in [-0.1, -0.05) is 0 Å². The Morgan fingerprint density at radius 3 is 2.86 bits per heavy atom. The summed E-state index contributed by atoms with van der Waals surface area (Å²) in [6.07, 6.45) is 10.8. The quantitative estimate of drug-likeness (QED) is 0.323. The van der Waals surface area contributed by atoms with Gasteiger partial charge in [0.25, 0.3) is 0 Å². The highest BCUT2D eigenvalue weighted by atomic mass is 16.5. The molecule has 0 amide bonds. The predicted molar refractivity (Wildman–Crippen MR) is 137 cm³/mol. The summed E-state index contributed by atoms with van der Waals surface area (Å²) >= 11 is 0. The van der Waals surface area contributed by atoms with E-state index >= 15 is 0 Å². The number of oxazole rings is 1. The minimum Gasteiger partial charge on any atom is -0.497 e. The number of unbranched alkanes of at least 4 members (excludes halogenated alkanes) is 1. The first-order chi connectivity index (χ1) is 17.5. The van der Waals surface area contributed by atoms with Crippen LogP contribution in [-0.4, -0.2) is 57.8 Å². The van der Waals surface area contributed by atoms with E-state index < -0.39 is 12.1 Å². The van der Waals surface area contributed by atoms with Gasteiger partial charge in [-0.3, -0.25) is 9.78 Å². The van der Waals surface area contributed by atoms with Crippen molar-refractivity contribution in [1.82, 2.24) is 14.9 Å². The van der Waals surface area contributed by atoms with Crippen molar-refractivity contribution < 1.29 is 24.2 Å². The lowest BCUT2D eigenvalue weighted by Crippen LogP contribution is -2.41. The van der Waals surface area contributed by atoms with Crippen LogP contribution in [0.2, 0.25) is 0 Å². The van der Waals surface area contributed by atoms with Gasteiger partial charge in [-0.25, -0.2) is 4.98 Å². The minimum absolute atomic E-state index is 0.191. The highest BCUT2D eigenvalue weighted by Crippen LogP contribution is 2.35. The SMILES string of the molecule is COc1ccc2nccc([C@H](O)CC[C@@H]3CCN(CCCCc4ncco4)C[C@H]3CCC(=O)O)c2c1. The van der Waals surface area contributed by atoms with E-state index in [9.17, 15) is 15.0 Å². The zero-order chi connectivity index (χ0) is 25.3. The third kappa shape index (κ3) is 7.04. The van der Waals surface area contributed by atoms with Gasteiger partial charge >= 0.3 is 5.97 Å². The van der Waals surface area contributed by atoms with Gasteiger partial charge in [-0.05, 0) is 93.3 Å². The number of aliphatic carboxylic acids is 1. The fourth-order valence-corrected chi connectivity index (χ4v) is 5.45. The van der Waals surface area contributed by atoms with Crippen molar-refractivity contribution in [3.63, 3.8) is 0 Å². The average molecular weight is 496 g/mol. The summed E-state index contributed by atoms with van der Waals surface area (Å²) in [7, 11) is 1.63. The number of nitrogens with zero attached hydrogens (tertiary/aromatic N) is 3. The maximum absolute atomic E-state index is 11.3. The molecule has 1 aliphatic rings. The summed E-state index contributed by atoms with van der Waals surface area (Å²) < 4.78 is 10.7. The number of benzene rings is 1. The second-order valence-corrected chi connectivity index (χ2v) is 9.80. The molecule has 1 saturated heterocycles. The van der Waals surface area contributed by atoms with E-state index in [0.29, 0.717) is 24.7 Å². The van der Waals surface area contributed by atoms with Crippen LogP contribution in [0.3, 0.4) is 0 Å². The Morgan fingerprint density at radius 2 is 2.08 bits per heavy atom. The van der Waals surface area contributed by atoms with Crippen LogP contribution in [0.15, 0.2) is 47.3 Å². The lowest BCUT2D eigenvalue weighted by molar-refractivity contribution is -0.137. The van der Waals surface area contributed by atoms with E-state index in [-0.39, 0.29) is 6.42 Å². The molecule has 1 aliphatic heterocycles. The van der Waals surface area contributed by atoms with Crippen molar-refractivity contribution in [3.05, 3.63) is 54.4 Å². The summed E-state index contributed by atoms with van der Waals surface area (Å²) in [5, 5.41) is 21.3. The number of piperidine rings is 1. The molecule has 4 rings (SSSR count). The molecule has 1 fully saturated rings. The zero-order valence-electron chi connectivity index (χ0n) is 21.0. The highest BCUT2D eigenvalue weighted by Gasteiger charge is 2.30. The third-order valence-corrected chi connectivity index (χ3v) is 7.46. The molecule has 194 valence electrons. The van der Waals surface area contributed by atoms with E-state index in [0.717, 1.165) is 79.8 Å². The topological polar surface area (TPSA) is 109 Å². The number of likely N-dealkylation sites (tertiary alicyclic amines) is 1. The van der Waals surface area contributed by atoms with Crippen LogP contribution in [0, 0.1) is 11.8 Å². The maximum Gasteiger partial charge on any atom is 0.303 e. The van der Waals surface area contributed by atoms with E-state index in [4.69, 9.17) is 9.15 Å². The van der Waals surface area contributed by atoms with Crippen LogP contribution in [-0.2, 0) is 11.2 Å². The molecule has 3 aromatic rings. The summed E-state index contributed by atoms with van der Waals surface area (Å²) in [6.45, 7) is 2.94. The Hall–Kier alpha value is -2.97. The summed E-state index contributed by atoms with van der Waals surface area (Å²) in [5.74, 6) is 1.51. The first-order valence-electron chi connectivity index (χ1n) is 13.0. The molecule has 36 heavy (non-hydrogen) atoms. The van der Waals surface area contributed by atoms with Gasteiger partial charge in [-0.15, -0.1) is 0 Å². The smallest absolute Gasteiger partial charge is 0.303 e. The predicted octanol–water partition coefficient (Wildman–Crippen LogP) is 4.87. The summed E-state index contributed by atoms with van der Waals surface area (Å²) in [5.41, 5.74) is 1.70. The number of carboxylic acids is 1. The number of aryl methyl sites for hydroxylation is 1. The first-order valence-corrected chi connectivity index (χ1v) is 13.0.